The number of hydrogen-bond acceptors (Lipinski definition) is 5. The van der Waals surface area contributed by atoms with Gasteiger partial charge in [-0.3, -0.25) is 4.98 Å². The number of pyridine rings is 1. The molecule has 0 aromatic carbocycles. The fraction of sp³-hybridized carbons (Fsp3) is 0.562. The summed E-state index contributed by atoms with van der Waals surface area (Å²) >= 11 is 0. The van der Waals surface area contributed by atoms with Crippen LogP contribution in [0.2, 0.25) is 0 Å². The van der Waals surface area contributed by atoms with Crippen molar-refractivity contribution in [1.82, 2.24) is 9.88 Å². The summed E-state index contributed by atoms with van der Waals surface area (Å²) in [6.07, 6.45) is 4.97. The van der Waals surface area contributed by atoms with Crippen LogP contribution in [0.25, 0.3) is 0 Å². The van der Waals surface area contributed by atoms with Gasteiger partial charge in [-0.2, -0.15) is 0 Å². The first kappa shape index (κ1) is 16.3. The van der Waals surface area contributed by atoms with Gasteiger partial charge >= 0.3 is 6.09 Å². The van der Waals surface area contributed by atoms with Gasteiger partial charge in [0.25, 0.3) is 0 Å². The van der Waals surface area contributed by atoms with Crippen molar-refractivity contribution < 1.29 is 19.1 Å². The molecule has 0 unspecified atom stereocenters. The van der Waals surface area contributed by atoms with Gasteiger partial charge < -0.3 is 19.2 Å². The summed E-state index contributed by atoms with van der Waals surface area (Å²) in [6.45, 7) is 6.62. The molecule has 0 aliphatic carbocycles. The summed E-state index contributed by atoms with van der Waals surface area (Å²) in [6, 6.07) is 1.81. The Morgan fingerprint density at radius 1 is 1.45 bits per heavy atom. The van der Waals surface area contributed by atoms with Gasteiger partial charge in [0.2, 0.25) is 0 Å². The molecular weight excluding hydrogens is 284 g/mol. The van der Waals surface area contributed by atoms with Crippen molar-refractivity contribution in [2.75, 3.05) is 13.2 Å². The molecule has 1 aromatic rings. The smallest absolute Gasteiger partial charge is 0.410 e. The molecule has 0 spiro atoms. The van der Waals surface area contributed by atoms with Crippen LogP contribution in [0.15, 0.2) is 18.5 Å². The summed E-state index contributed by atoms with van der Waals surface area (Å²) in [7, 11) is 0. The lowest BCUT2D eigenvalue weighted by molar-refractivity contribution is -0.107. The van der Waals surface area contributed by atoms with Crippen molar-refractivity contribution in [3.05, 3.63) is 24.0 Å². The van der Waals surface area contributed by atoms with E-state index in [1.54, 1.807) is 23.4 Å². The van der Waals surface area contributed by atoms with Gasteiger partial charge in [0.05, 0.1) is 12.2 Å². The van der Waals surface area contributed by atoms with Crippen LogP contribution < -0.4 is 4.74 Å². The molecule has 2 heterocycles. The van der Waals surface area contributed by atoms with Crippen LogP contribution in [0.1, 0.15) is 32.8 Å². The molecule has 6 heteroatoms. The van der Waals surface area contributed by atoms with Gasteiger partial charge in [-0.25, -0.2) is 4.79 Å². The summed E-state index contributed by atoms with van der Waals surface area (Å²) in [5.41, 5.74) is 0.315. The van der Waals surface area contributed by atoms with Gasteiger partial charge in [-0.15, -0.1) is 0 Å². The molecule has 1 fully saturated rings. The standard InChI is InChI=1S/C16H22N2O4/c1-16(2,3)22-15(20)18-6-4-13(18)11-21-14-8-12(5-7-19)9-17-10-14/h7-10,13H,4-6,11H2,1-3H3/t13-/m0/s1. The lowest BCUT2D eigenvalue weighted by atomic mass is 10.1. The van der Waals surface area contributed by atoms with E-state index in [4.69, 9.17) is 9.47 Å². The Labute approximate surface area is 130 Å². The highest BCUT2D eigenvalue weighted by Gasteiger charge is 2.35. The minimum atomic E-state index is -0.495. The first-order chi connectivity index (χ1) is 10.4. The number of nitrogens with zero attached hydrogens (tertiary/aromatic N) is 2. The third-order valence-corrected chi connectivity index (χ3v) is 3.30. The van der Waals surface area contributed by atoms with Crippen LogP contribution in [0, 0.1) is 0 Å². The van der Waals surface area contributed by atoms with Gasteiger partial charge in [0, 0.05) is 19.2 Å². The highest BCUT2D eigenvalue weighted by Crippen LogP contribution is 2.22. The summed E-state index contributed by atoms with van der Waals surface area (Å²) in [4.78, 5) is 28.2. The highest BCUT2D eigenvalue weighted by atomic mass is 16.6. The lowest BCUT2D eigenvalue weighted by Crippen LogP contribution is -2.55. The first-order valence-corrected chi connectivity index (χ1v) is 7.39. The molecule has 1 amide bonds. The third-order valence-electron chi connectivity index (χ3n) is 3.30. The lowest BCUT2D eigenvalue weighted by Gasteiger charge is -2.40. The van der Waals surface area contributed by atoms with E-state index in [1.165, 1.54) is 0 Å². The Morgan fingerprint density at radius 3 is 2.82 bits per heavy atom. The Balaban J connectivity index is 1.85. The molecule has 1 aromatic heterocycles. The predicted octanol–water partition coefficient (Wildman–Crippen LogP) is 2.21. The van der Waals surface area contributed by atoms with E-state index < -0.39 is 5.60 Å². The number of carbonyl (C=O) groups excluding carboxylic acids is 2. The number of aromatic nitrogens is 1. The van der Waals surface area contributed by atoms with Gasteiger partial charge in [0.15, 0.2) is 0 Å². The zero-order chi connectivity index (χ0) is 16.2. The fourth-order valence-corrected chi connectivity index (χ4v) is 2.12. The van der Waals surface area contributed by atoms with Gasteiger partial charge in [-0.05, 0) is 38.8 Å². The summed E-state index contributed by atoms with van der Waals surface area (Å²) in [5.74, 6) is 0.607. The van der Waals surface area contributed by atoms with Crippen LogP contribution in [0.3, 0.4) is 0 Å². The van der Waals surface area contributed by atoms with E-state index in [2.05, 4.69) is 4.98 Å². The zero-order valence-electron chi connectivity index (χ0n) is 13.2. The van der Waals surface area contributed by atoms with Crippen molar-refractivity contribution in [2.45, 2.75) is 45.3 Å². The predicted molar refractivity (Wildman–Crippen MR) is 80.8 cm³/mol. The zero-order valence-corrected chi connectivity index (χ0v) is 13.2. The van der Waals surface area contributed by atoms with Crippen LogP contribution in [0.5, 0.6) is 5.75 Å². The van der Waals surface area contributed by atoms with Gasteiger partial charge in [0.1, 0.15) is 24.2 Å². The maximum Gasteiger partial charge on any atom is 0.410 e. The minimum Gasteiger partial charge on any atom is -0.490 e. The average molecular weight is 306 g/mol. The van der Waals surface area contributed by atoms with Crippen LogP contribution >= 0.6 is 0 Å². The first-order valence-electron chi connectivity index (χ1n) is 7.39. The molecule has 1 atom stereocenters. The molecule has 0 N–H and O–H groups in total. The summed E-state index contributed by atoms with van der Waals surface area (Å²) in [5, 5.41) is 0. The van der Waals surface area contributed by atoms with Gasteiger partial charge in [-0.1, -0.05) is 0 Å². The van der Waals surface area contributed by atoms with E-state index in [9.17, 15) is 9.59 Å². The number of hydrogen-bond donors (Lipinski definition) is 0. The number of rotatable bonds is 5. The normalized spacial score (nSPS) is 17.6. The molecular formula is C16H22N2O4. The average Bonchev–Trinajstić information content (AvgIpc) is 2.36. The molecule has 2 rings (SSSR count). The molecule has 22 heavy (non-hydrogen) atoms. The number of carbonyl (C=O) groups is 2. The molecule has 0 radical (unpaired) electrons. The third kappa shape index (κ3) is 4.44. The van der Waals surface area contributed by atoms with Crippen LogP contribution in [-0.2, 0) is 16.0 Å². The Hall–Kier alpha value is -2.11. The Morgan fingerprint density at radius 2 is 2.23 bits per heavy atom. The fourth-order valence-electron chi connectivity index (χ4n) is 2.12. The van der Waals surface area contributed by atoms with E-state index in [1.807, 2.05) is 20.8 Å². The maximum atomic E-state index is 12.0. The summed E-state index contributed by atoms with van der Waals surface area (Å²) < 4.78 is 11.0. The highest BCUT2D eigenvalue weighted by molar-refractivity contribution is 5.69. The molecule has 0 bridgehead atoms. The second-order valence-electron chi connectivity index (χ2n) is 6.33. The monoisotopic (exact) mass is 306 g/mol. The van der Waals surface area contributed by atoms with E-state index in [0.29, 0.717) is 25.3 Å². The molecule has 6 nitrogen and oxygen atoms in total. The Bertz CT molecular complexity index is 539. The minimum absolute atomic E-state index is 0.0181. The molecule has 1 aliphatic rings. The molecule has 1 saturated heterocycles. The number of aldehydes is 1. The quantitative estimate of drug-likeness (QED) is 0.780. The Kier molecular flexibility index (Phi) is 5.00. The van der Waals surface area contributed by atoms with E-state index in [0.717, 1.165) is 18.3 Å². The second-order valence-corrected chi connectivity index (χ2v) is 6.33. The van der Waals surface area contributed by atoms with Crippen LogP contribution in [0.4, 0.5) is 4.79 Å². The number of likely N-dealkylation sites (tertiary alicyclic amines) is 1. The van der Waals surface area contributed by atoms with E-state index >= 15 is 0 Å². The van der Waals surface area contributed by atoms with Crippen molar-refractivity contribution in [3.8, 4) is 5.75 Å². The number of amides is 1. The maximum absolute atomic E-state index is 12.0. The van der Waals surface area contributed by atoms with Crippen LogP contribution in [-0.4, -0.2) is 47.1 Å². The van der Waals surface area contributed by atoms with Crippen molar-refractivity contribution in [2.24, 2.45) is 0 Å². The number of ether oxygens (including phenoxy) is 2. The van der Waals surface area contributed by atoms with Crippen molar-refractivity contribution in [3.63, 3.8) is 0 Å². The molecule has 0 saturated carbocycles. The van der Waals surface area contributed by atoms with Crippen molar-refractivity contribution in [1.29, 1.82) is 0 Å². The SMILES string of the molecule is CC(C)(C)OC(=O)N1CC[C@H]1COc1cncc(CC=O)c1. The van der Waals surface area contributed by atoms with E-state index in [-0.39, 0.29) is 12.1 Å². The van der Waals surface area contributed by atoms with Crippen molar-refractivity contribution >= 4 is 12.4 Å². The molecule has 120 valence electrons. The topological polar surface area (TPSA) is 68.7 Å². The second kappa shape index (κ2) is 6.77. The largest absolute Gasteiger partial charge is 0.490 e. The molecule has 1 aliphatic heterocycles.